The van der Waals surface area contributed by atoms with Gasteiger partial charge in [0.15, 0.2) is 16.7 Å². The lowest BCUT2D eigenvalue weighted by molar-refractivity contribution is -0.117. The van der Waals surface area contributed by atoms with Gasteiger partial charge in [0.2, 0.25) is 5.91 Å². The van der Waals surface area contributed by atoms with E-state index in [9.17, 15) is 14.0 Å². The molecule has 7 nitrogen and oxygen atoms in total. The molecule has 9 heteroatoms. The highest BCUT2D eigenvalue weighted by atomic mass is 32.2. The van der Waals surface area contributed by atoms with Crippen molar-refractivity contribution in [1.82, 2.24) is 5.32 Å². The lowest BCUT2D eigenvalue weighted by Gasteiger charge is -2.12. The zero-order valence-corrected chi connectivity index (χ0v) is 19.3. The summed E-state index contributed by atoms with van der Waals surface area (Å²) in [6.07, 6.45) is 3.30. The number of ether oxygens (including phenoxy) is 2. The number of halogens is 1. The maximum absolute atomic E-state index is 14.2. The number of thioether (sulfide) groups is 1. The van der Waals surface area contributed by atoms with Gasteiger partial charge in [-0.2, -0.15) is 0 Å². The normalized spacial score (nSPS) is 15.7. The number of aliphatic imine (C=N–C) groups is 1. The minimum absolute atomic E-state index is 0.187. The smallest absolute Gasteiger partial charge is 0.264 e. The number of nitrogens with one attached hydrogen (secondary N) is 1. The van der Waals surface area contributed by atoms with Crippen LogP contribution in [0.15, 0.2) is 46.3 Å². The number of rotatable bonds is 10. The van der Waals surface area contributed by atoms with Gasteiger partial charge in [0.25, 0.3) is 5.91 Å². The zero-order chi connectivity index (χ0) is 23.8. The summed E-state index contributed by atoms with van der Waals surface area (Å²) in [5.74, 6) is -0.198. The topological polar surface area (TPSA) is 103 Å². The van der Waals surface area contributed by atoms with Crippen LogP contribution in [0.4, 0.5) is 10.1 Å². The van der Waals surface area contributed by atoms with E-state index in [2.05, 4.69) is 10.3 Å². The molecule has 174 valence electrons. The fourth-order valence-electron chi connectivity index (χ4n) is 2.96. The second kappa shape index (κ2) is 11.5. The second-order valence-corrected chi connectivity index (χ2v) is 8.33. The fourth-order valence-corrected chi connectivity index (χ4v) is 3.80. The van der Waals surface area contributed by atoms with Gasteiger partial charge < -0.3 is 20.5 Å². The predicted octanol–water partition coefficient (Wildman–Crippen LogP) is 4.32. The fraction of sp³-hybridized carbons (Fsp3) is 0.292. The van der Waals surface area contributed by atoms with Crippen molar-refractivity contribution in [3.8, 4) is 11.5 Å². The standard InChI is InChI=1S/C24H26FN3O4S/c1-3-9-31-19-8-5-15(11-20(19)32-10-4-2)12-21-23(30)28-24(33-21)27-17-7-6-16(13-22(26)29)18(25)14-17/h5-8,11-12,14H,3-4,9-10,13H2,1-2H3,(H2,26,29)(H,27,28,30). The molecule has 1 heterocycles. The van der Waals surface area contributed by atoms with Crippen molar-refractivity contribution in [1.29, 1.82) is 0 Å². The molecule has 2 aromatic carbocycles. The van der Waals surface area contributed by atoms with E-state index in [1.54, 1.807) is 12.1 Å². The van der Waals surface area contributed by atoms with Gasteiger partial charge in [-0.05, 0) is 66.1 Å². The van der Waals surface area contributed by atoms with Crippen molar-refractivity contribution in [2.75, 3.05) is 13.2 Å². The van der Waals surface area contributed by atoms with Crippen molar-refractivity contribution in [2.24, 2.45) is 10.7 Å². The lowest BCUT2D eigenvalue weighted by atomic mass is 10.1. The Kier molecular flexibility index (Phi) is 8.48. The predicted molar refractivity (Wildman–Crippen MR) is 128 cm³/mol. The van der Waals surface area contributed by atoms with Crippen LogP contribution in [0.5, 0.6) is 11.5 Å². The van der Waals surface area contributed by atoms with Gasteiger partial charge in [-0.3, -0.25) is 9.59 Å². The number of hydrogen-bond donors (Lipinski definition) is 2. The molecule has 33 heavy (non-hydrogen) atoms. The van der Waals surface area contributed by atoms with Crippen LogP contribution in [0.2, 0.25) is 0 Å². The average molecular weight is 472 g/mol. The van der Waals surface area contributed by atoms with Crippen molar-refractivity contribution in [3.63, 3.8) is 0 Å². The van der Waals surface area contributed by atoms with E-state index < -0.39 is 11.7 Å². The van der Waals surface area contributed by atoms with E-state index in [-0.39, 0.29) is 17.9 Å². The molecule has 0 unspecified atom stereocenters. The van der Waals surface area contributed by atoms with Crippen LogP contribution in [0, 0.1) is 5.82 Å². The van der Waals surface area contributed by atoms with Gasteiger partial charge in [0.05, 0.1) is 30.2 Å². The van der Waals surface area contributed by atoms with Gasteiger partial charge in [0.1, 0.15) is 5.82 Å². The number of nitrogens with zero attached hydrogens (tertiary/aromatic N) is 1. The van der Waals surface area contributed by atoms with Crippen LogP contribution in [-0.4, -0.2) is 30.2 Å². The van der Waals surface area contributed by atoms with Crippen LogP contribution in [-0.2, 0) is 16.0 Å². The van der Waals surface area contributed by atoms with Gasteiger partial charge in [-0.1, -0.05) is 26.0 Å². The Bertz CT molecular complexity index is 1100. The third-order valence-corrected chi connectivity index (χ3v) is 5.38. The van der Waals surface area contributed by atoms with E-state index in [0.29, 0.717) is 40.5 Å². The first-order valence-electron chi connectivity index (χ1n) is 10.7. The molecule has 0 saturated carbocycles. The molecule has 3 N–H and O–H groups in total. The number of benzene rings is 2. The van der Waals surface area contributed by atoms with E-state index in [1.165, 1.54) is 12.1 Å². The average Bonchev–Trinajstić information content (AvgIpc) is 3.11. The molecule has 1 fully saturated rings. The Morgan fingerprint density at radius 3 is 2.52 bits per heavy atom. The summed E-state index contributed by atoms with van der Waals surface area (Å²) in [5.41, 5.74) is 6.41. The van der Waals surface area contributed by atoms with E-state index in [1.807, 2.05) is 32.0 Å². The van der Waals surface area contributed by atoms with Gasteiger partial charge >= 0.3 is 0 Å². The molecule has 2 aromatic rings. The van der Waals surface area contributed by atoms with Crippen molar-refractivity contribution in [3.05, 3.63) is 58.2 Å². The van der Waals surface area contributed by atoms with E-state index in [4.69, 9.17) is 15.2 Å². The van der Waals surface area contributed by atoms with Crippen LogP contribution >= 0.6 is 11.8 Å². The summed E-state index contributed by atoms with van der Waals surface area (Å²) in [4.78, 5) is 28.2. The van der Waals surface area contributed by atoms with Gasteiger partial charge in [0, 0.05) is 0 Å². The summed E-state index contributed by atoms with van der Waals surface area (Å²) >= 11 is 1.15. The molecule has 0 atom stereocenters. The SMILES string of the molecule is CCCOc1ccc(C=C2SC(=Nc3ccc(CC(N)=O)c(F)c3)NC2=O)cc1OCCC. The largest absolute Gasteiger partial charge is 0.490 e. The van der Waals surface area contributed by atoms with Gasteiger partial charge in [-0.15, -0.1) is 0 Å². The number of hydrogen-bond acceptors (Lipinski definition) is 6. The lowest BCUT2D eigenvalue weighted by Crippen LogP contribution is -2.19. The third-order valence-electron chi connectivity index (χ3n) is 4.47. The Labute approximate surface area is 196 Å². The molecular weight excluding hydrogens is 445 g/mol. The molecule has 1 aliphatic rings. The number of nitrogens with two attached hydrogens (primary N) is 1. The molecule has 0 radical (unpaired) electrons. The quantitative estimate of drug-likeness (QED) is 0.502. The van der Waals surface area contributed by atoms with E-state index in [0.717, 1.165) is 30.2 Å². The number of carbonyl (C=O) groups is 2. The molecule has 1 aliphatic heterocycles. The first kappa shape index (κ1) is 24.3. The highest BCUT2D eigenvalue weighted by Crippen LogP contribution is 2.33. The van der Waals surface area contributed by atoms with Crippen molar-refractivity contribution in [2.45, 2.75) is 33.1 Å². The Morgan fingerprint density at radius 2 is 1.85 bits per heavy atom. The first-order valence-corrected chi connectivity index (χ1v) is 11.5. The number of primary amides is 1. The molecule has 0 bridgehead atoms. The van der Waals surface area contributed by atoms with Crippen LogP contribution in [0.25, 0.3) is 6.08 Å². The molecule has 1 saturated heterocycles. The highest BCUT2D eigenvalue weighted by Gasteiger charge is 2.24. The van der Waals surface area contributed by atoms with Crippen molar-refractivity contribution < 1.29 is 23.5 Å². The maximum atomic E-state index is 14.2. The summed E-state index contributed by atoms with van der Waals surface area (Å²) in [7, 11) is 0. The second-order valence-electron chi connectivity index (χ2n) is 7.30. The first-order chi connectivity index (χ1) is 15.9. The van der Waals surface area contributed by atoms with Crippen molar-refractivity contribution >= 4 is 40.5 Å². The molecule has 2 amide bonds. The summed E-state index contributed by atoms with van der Waals surface area (Å²) in [5, 5.41) is 3.01. The maximum Gasteiger partial charge on any atom is 0.264 e. The number of amides is 2. The Hall–Kier alpha value is -3.33. The minimum atomic E-state index is -0.616. The molecule has 0 aliphatic carbocycles. The number of carbonyl (C=O) groups excluding carboxylic acids is 2. The molecular formula is C24H26FN3O4S. The third kappa shape index (κ3) is 6.82. The molecule has 0 spiro atoms. The summed E-state index contributed by atoms with van der Waals surface area (Å²) in [6, 6.07) is 9.74. The van der Waals surface area contributed by atoms with Crippen LogP contribution in [0.1, 0.15) is 37.8 Å². The Balaban J connectivity index is 1.78. The number of amidine groups is 1. The molecule has 3 rings (SSSR count). The van der Waals surface area contributed by atoms with Crippen LogP contribution < -0.4 is 20.5 Å². The van der Waals surface area contributed by atoms with E-state index >= 15 is 0 Å². The molecule has 0 aromatic heterocycles. The summed E-state index contributed by atoms with van der Waals surface area (Å²) in [6.45, 7) is 5.20. The zero-order valence-electron chi connectivity index (χ0n) is 18.5. The Morgan fingerprint density at radius 1 is 1.12 bits per heavy atom. The minimum Gasteiger partial charge on any atom is -0.490 e. The monoisotopic (exact) mass is 471 g/mol. The van der Waals surface area contributed by atoms with Gasteiger partial charge in [-0.25, -0.2) is 9.38 Å². The summed E-state index contributed by atoms with van der Waals surface area (Å²) < 4.78 is 25.7. The van der Waals surface area contributed by atoms with Crippen LogP contribution in [0.3, 0.4) is 0 Å². The highest BCUT2D eigenvalue weighted by molar-refractivity contribution is 8.18.